The fourth-order valence-electron chi connectivity index (χ4n) is 17.8. The van der Waals surface area contributed by atoms with E-state index in [9.17, 15) is 40.2 Å². The molecule has 0 saturated heterocycles. The third-order valence-electron chi connectivity index (χ3n) is 21.0. The highest BCUT2D eigenvalue weighted by Gasteiger charge is 2.68. The lowest BCUT2D eigenvalue weighted by Gasteiger charge is -2.64. The molecule has 8 rings (SSSR count). The van der Waals surface area contributed by atoms with E-state index < -0.39 is 24.1 Å². The van der Waals surface area contributed by atoms with Crippen LogP contribution in [0.25, 0.3) is 0 Å². The number of hydrogen-bond donors (Lipinski definition) is 6. The van der Waals surface area contributed by atoms with Gasteiger partial charge in [-0.1, -0.05) is 41.5 Å². The van der Waals surface area contributed by atoms with Crippen LogP contribution in [0.15, 0.2) is 10.2 Å². The topological polar surface area (TPSA) is 180 Å². The van der Waals surface area contributed by atoms with E-state index in [0.717, 1.165) is 89.9 Å². The van der Waals surface area contributed by atoms with Gasteiger partial charge in [-0.15, -0.1) is 0 Å². The monoisotopic (exact) mass is 811 g/mol. The van der Waals surface area contributed by atoms with Crippen molar-refractivity contribution in [3.05, 3.63) is 0 Å². The highest BCUT2D eigenvalue weighted by Crippen LogP contribution is 2.71. The van der Waals surface area contributed by atoms with E-state index in [-0.39, 0.29) is 118 Å². The minimum absolute atomic E-state index is 0.0126. The second-order valence-electron chi connectivity index (χ2n) is 23.1. The molecule has 0 aromatic heterocycles. The number of aliphatic carboxylic acids is 2. The molecule has 0 aliphatic heterocycles. The lowest BCUT2D eigenvalue weighted by Crippen LogP contribution is -2.62. The van der Waals surface area contributed by atoms with Crippen LogP contribution in [0.4, 0.5) is 0 Å². The van der Waals surface area contributed by atoms with Crippen molar-refractivity contribution in [2.24, 2.45) is 103 Å². The third-order valence-corrected chi connectivity index (χ3v) is 21.0. The van der Waals surface area contributed by atoms with Crippen molar-refractivity contribution >= 4 is 11.9 Å². The Morgan fingerprint density at radius 2 is 0.931 bits per heavy atom. The Morgan fingerprint density at radius 1 is 0.552 bits per heavy atom. The molecule has 8 aliphatic carbocycles. The van der Waals surface area contributed by atoms with E-state index in [1.807, 2.05) is 0 Å². The Labute approximate surface area is 347 Å². The number of hydrogen-bond acceptors (Lipinski definition) is 8. The molecular formula is C48H78N2O8. The molecule has 0 aromatic rings. The summed E-state index contributed by atoms with van der Waals surface area (Å²) in [5.74, 6) is 1.57. The largest absolute Gasteiger partial charge is 0.481 e. The van der Waals surface area contributed by atoms with Crippen LogP contribution in [-0.2, 0) is 9.59 Å². The number of aliphatic hydroxyl groups is 4. The maximum Gasteiger partial charge on any atom is 0.303 e. The van der Waals surface area contributed by atoms with Crippen molar-refractivity contribution in [3.8, 4) is 0 Å². The van der Waals surface area contributed by atoms with Crippen LogP contribution in [0.3, 0.4) is 0 Å². The summed E-state index contributed by atoms with van der Waals surface area (Å²) < 4.78 is 0. The minimum atomic E-state index is -0.761. The molecule has 0 amide bonds. The lowest BCUT2D eigenvalue weighted by atomic mass is 9.42. The van der Waals surface area contributed by atoms with Crippen LogP contribution >= 0.6 is 0 Å². The number of fused-ring (bicyclic) bond motifs is 10. The van der Waals surface area contributed by atoms with Crippen LogP contribution in [0.5, 0.6) is 0 Å². The van der Waals surface area contributed by atoms with Gasteiger partial charge in [0.25, 0.3) is 0 Å². The summed E-state index contributed by atoms with van der Waals surface area (Å²) in [7, 11) is 0. The second-order valence-corrected chi connectivity index (χ2v) is 23.1. The molecule has 0 radical (unpaired) electrons. The highest BCUT2D eigenvalue weighted by atomic mass is 16.4. The maximum absolute atomic E-state index is 12.3. The Bertz CT molecular complexity index is 1460. The van der Waals surface area contributed by atoms with Crippen LogP contribution < -0.4 is 0 Å². The Hall–Kier alpha value is -1.62. The van der Waals surface area contributed by atoms with Crippen LogP contribution in [0.1, 0.15) is 157 Å². The van der Waals surface area contributed by atoms with Gasteiger partial charge >= 0.3 is 11.9 Å². The molecule has 8 fully saturated rings. The van der Waals surface area contributed by atoms with Crippen molar-refractivity contribution in [1.29, 1.82) is 0 Å². The minimum Gasteiger partial charge on any atom is -0.481 e. The van der Waals surface area contributed by atoms with Gasteiger partial charge < -0.3 is 30.6 Å². The maximum atomic E-state index is 12.3. The number of azo groups is 1. The van der Waals surface area contributed by atoms with Crippen LogP contribution in [0, 0.1) is 92.7 Å². The van der Waals surface area contributed by atoms with Crippen molar-refractivity contribution < 1.29 is 40.2 Å². The Morgan fingerprint density at radius 3 is 1.29 bits per heavy atom. The summed E-state index contributed by atoms with van der Waals surface area (Å²) >= 11 is 0. The van der Waals surface area contributed by atoms with E-state index >= 15 is 0 Å². The zero-order chi connectivity index (χ0) is 41.7. The molecule has 58 heavy (non-hydrogen) atoms. The summed E-state index contributed by atoms with van der Waals surface area (Å²) in [6.07, 6.45) is 12.3. The van der Waals surface area contributed by atoms with E-state index in [0.29, 0.717) is 24.7 Å². The number of carbonyl (C=O) groups is 2. The molecule has 0 aromatic carbocycles. The smallest absolute Gasteiger partial charge is 0.303 e. The summed E-state index contributed by atoms with van der Waals surface area (Å²) in [5, 5.41) is 77.0. The van der Waals surface area contributed by atoms with Crippen molar-refractivity contribution in [1.82, 2.24) is 0 Å². The van der Waals surface area contributed by atoms with E-state index in [4.69, 9.17) is 10.2 Å². The summed E-state index contributed by atoms with van der Waals surface area (Å²) in [6.45, 7) is 13.9. The standard InChI is InChI=1S/C48H78N2O8/c1-25(7-13-41(55)56)31-9-11-33-43-35(23-39(53)47(31,33)5)45(3)17-15-29(51)19-27(45)21-37(43)49-50-38-22-28-20-30(52)16-18-46(28,4)36-24-40(54)48(6)32(10-12-34(48)44(36)38)26(2)8-14-42(57)58/h25-40,43-44,51-54H,7-24H2,1-6H3,(H,55,56)(H,57,58)/t25-,26-,27+,28+,29-,30-,31-,32-,33+,34+,35+,36+,37-,38-,39+,40+,43+,44+,45+,46+,47-,48-/m1/s1. The molecule has 8 aliphatic rings. The van der Waals surface area contributed by atoms with Crippen LogP contribution in [0.2, 0.25) is 0 Å². The van der Waals surface area contributed by atoms with Crippen LogP contribution in [-0.4, -0.2) is 79.1 Å². The second kappa shape index (κ2) is 15.6. The molecule has 10 nitrogen and oxygen atoms in total. The zero-order valence-electron chi connectivity index (χ0n) is 36.5. The molecule has 10 heteroatoms. The lowest BCUT2D eigenvalue weighted by molar-refractivity contribution is -0.184. The molecule has 8 saturated carbocycles. The fourth-order valence-corrected chi connectivity index (χ4v) is 17.8. The fraction of sp³-hybridized carbons (Fsp3) is 0.958. The van der Waals surface area contributed by atoms with Gasteiger partial charge in [0.15, 0.2) is 0 Å². The Kier molecular flexibility index (Phi) is 11.6. The van der Waals surface area contributed by atoms with Crippen molar-refractivity contribution in [2.75, 3.05) is 0 Å². The number of rotatable bonds is 10. The number of aliphatic hydroxyl groups excluding tert-OH is 4. The highest BCUT2D eigenvalue weighted by molar-refractivity contribution is 5.66. The summed E-state index contributed by atoms with van der Waals surface area (Å²) in [6, 6.07) is -0.0372. The first kappa shape index (κ1) is 43.0. The normalized spacial score (nSPS) is 53.3. The number of nitrogens with zero attached hydrogens (tertiary/aromatic N) is 2. The van der Waals surface area contributed by atoms with Crippen molar-refractivity contribution in [2.45, 2.75) is 194 Å². The average Bonchev–Trinajstić information content (AvgIpc) is 3.72. The van der Waals surface area contributed by atoms with Gasteiger partial charge in [-0.05, 0) is 195 Å². The van der Waals surface area contributed by atoms with Gasteiger partial charge in [0.2, 0.25) is 0 Å². The molecule has 0 spiro atoms. The molecule has 0 heterocycles. The van der Waals surface area contributed by atoms with Crippen molar-refractivity contribution in [3.63, 3.8) is 0 Å². The van der Waals surface area contributed by atoms with Gasteiger partial charge in [-0.25, -0.2) is 0 Å². The Balaban J connectivity index is 1.15. The van der Waals surface area contributed by atoms with E-state index in [1.54, 1.807) is 0 Å². The van der Waals surface area contributed by atoms with E-state index in [1.165, 1.54) is 0 Å². The first-order valence-corrected chi connectivity index (χ1v) is 23.9. The van der Waals surface area contributed by atoms with Gasteiger partial charge in [-0.2, -0.15) is 10.2 Å². The van der Waals surface area contributed by atoms with Gasteiger partial charge in [0, 0.05) is 12.8 Å². The van der Waals surface area contributed by atoms with Gasteiger partial charge in [0.05, 0.1) is 36.5 Å². The number of carboxylic acid groups (broad SMARTS) is 2. The predicted molar refractivity (Wildman–Crippen MR) is 220 cm³/mol. The third kappa shape index (κ3) is 6.76. The summed E-state index contributed by atoms with van der Waals surface area (Å²) in [5.41, 5.74) is -0.618. The predicted octanol–water partition coefficient (Wildman–Crippen LogP) is 8.38. The molecular weight excluding hydrogens is 733 g/mol. The van der Waals surface area contributed by atoms with E-state index in [2.05, 4.69) is 41.5 Å². The average molecular weight is 811 g/mol. The molecule has 22 atom stereocenters. The zero-order valence-corrected chi connectivity index (χ0v) is 36.5. The first-order valence-electron chi connectivity index (χ1n) is 23.9. The SMILES string of the molecule is C[C@H](CCC(=O)O)[C@H]1CC[C@H]2[C@@H]3[C@H](N=N[C@@H]4C[C@@H]5C[C@H](O)CC[C@]5(C)[C@H]5C[C@H](O)[C@]6(C)[C@@H]([C@H](C)CCC(=O)O)CC[C@H]6[C@H]45)C[C@@H]4C[C@H](O)CC[C@]4(C)[C@H]3C[C@H](O)[C@]12C. The first-order chi connectivity index (χ1) is 27.3. The van der Waals surface area contributed by atoms with Gasteiger partial charge in [0.1, 0.15) is 0 Å². The molecule has 0 bridgehead atoms. The molecule has 6 N–H and O–H groups in total. The summed E-state index contributed by atoms with van der Waals surface area (Å²) in [4.78, 5) is 23.3. The molecule has 0 unspecified atom stereocenters. The quantitative estimate of drug-likeness (QED) is 0.119. The number of carboxylic acids is 2. The molecule has 328 valence electrons. The van der Waals surface area contributed by atoms with Gasteiger partial charge in [-0.3, -0.25) is 9.59 Å².